The van der Waals surface area contributed by atoms with E-state index in [4.69, 9.17) is 0 Å². The average molecular weight is 276 g/mol. The number of hydrogen-bond acceptors (Lipinski definition) is 2. The lowest BCUT2D eigenvalue weighted by Gasteiger charge is -2.27. The summed E-state index contributed by atoms with van der Waals surface area (Å²) in [6.07, 6.45) is 2.39. The molecule has 1 aliphatic rings. The molecule has 1 aromatic carbocycles. The summed E-state index contributed by atoms with van der Waals surface area (Å²) in [6.45, 7) is 4.59. The number of quaternary nitrogens is 1. The van der Waals surface area contributed by atoms with E-state index in [0.717, 1.165) is 19.5 Å². The Morgan fingerprint density at radius 2 is 2.05 bits per heavy atom. The van der Waals surface area contributed by atoms with Gasteiger partial charge in [-0.3, -0.25) is 10.1 Å². The lowest BCUT2D eigenvalue weighted by atomic mass is 10.0. The Bertz CT molecular complexity index is 461. The molecular formula is C15H22N3O2+. The zero-order chi connectivity index (χ0) is 14.4. The number of amides is 3. The zero-order valence-corrected chi connectivity index (χ0v) is 11.8. The Kier molecular flexibility index (Phi) is 5.12. The van der Waals surface area contributed by atoms with Crippen molar-refractivity contribution in [3.05, 3.63) is 30.3 Å². The maximum Gasteiger partial charge on any atom is 0.326 e. The summed E-state index contributed by atoms with van der Waals surface area (Å²) >= 11 is 0. The van der Waals surface area contributed by atoms with Crippen LogP contribution in [0.15, 0.2) is 30.3 Å². The van der Waals surface area contributed by atoms with Gasteiger partial charge in [0.1, 0.15) is 0 Å². The van der Waals surface area contributed by atoms with E-state index >= 15 is 0 Å². The van der Waals surface area contributed by atoms with E-state index in [1.807, 2.05) is 18.2 Å². The number of benzene rings is 1. The van der Waals surface area contributed by atoms with Crippen LogP contribution >= 0.6 is 0 Å². The molecule has 20 heavy (non-hydrogen) atoms. The highest BCUT2D eigenvalue weighted by atomic mass is 16.2. The number of anilines is 1. The predicted molar refractivity (Wildman–Crippen MR) is 77.6 cm³/mol. The van der Waals surface area contributed by atoms with Crippen molar-refractivity contribution in [1.82, 2.24) is 5.32 Å². The number of likely N-dealkylation sites (tertiary alicyclic amines) is 1. The van der Waals surface area contributed by atoms with Gasteiger partial charge in [-0.15, -0.1) is 0 Å². The third-order valence-electron chi connectivity index (χ3n) is 3.56. The first kappa shape index (κ1) is 14.5. The minimum atomic E-state index is -0.467. The third-order valence-corrected chi connectivity index (χ3v) is 3.56. The molecule has 0 radical (unpaired) electrons. The molecule has 0 bridgehead atoms. The predicted octanol–water partition coefficient (Wildman–Crippen LogP) is 0.650. The molecule has 2 atom stereocenters. The number of rotatable bonds is 3. The van der Waals surface area contributed by atoms with Crippen LogP contribution in [0.5, 0.6) is 0 Å². The number of piperidine rings is 1. The van der Waals surface area contributed by atoms with Crippen LogP contribution in [0.1, 0.15) is 19.8 Å². The number of para-hydroxylation sites is 1. The summed E-state index contributed by atoms with van der Waals surface area (Å²) in [5.41, 5.74) is 0.678. The maximum absolute atomic E-state index is 11.8. The van der Waals surface area contributed by atoms with Gasteiger partial charge >= 0.3 is 6.03 Å². The van der Waals surface area contributed by atoms with Crippen molar-refractivity contribution >= 4 is 17.6 Å². The van der Waals surface area contributed by atoms with Crippen molar-refractivity contribution in [2.75, 3.05) is 25.0 Å². The van der Waals surface area contributed by atoms with Crippen LogP contribution in [0, 0.1) is 5.92 Å². The maximum atomic E-state index is 11.8. The summed E-state index contributed by atoms with van der Waals surface area (Å²) in [5, 5.41) is 5.02. The van der Waals surface area contributed by atoms with Crippen LogP contribution in [-0.2, 0) is 4.79 Å². The van der Waals surface area contributed by atoms with Crippen molar-refractivity contribution in [3.8, 4) is 0 Å². The van der Waals surface area contributed by atoms with Gasteiger partial charge in [0.15, 0.2) is 6.54 Å². The summed E-state index contributed by atoms with van der Waals surface area (Å²) in [4.78, 5) is 24.8. The van der Waals surface area contributed by atoms with E-state index in [-0.39, 0.29) is 5.91 Å². The minimum Gasteiger partial charge on any atom is -0.327 e. The molecule has 3 N–H and O–H groups in total. The topological polar surface area (TPSA) is 62.6 Å². The Hall–Kier alpha value is -1.88. The molecule has 5 nitrogen and oxygen atoms in total. The first-order chi connectivity index (χ1) is 9.63. The highest BCUT2D eigenvalue weighted by molar-refractivity contribution is 6.01. The van der Waals surface area contributed by atoms with Gasteiger partial charge in [0, 0.05) is 11.6 Å². The number of carbonyl (C=O) groups is 2. The lowest BCUT2D eigenvalue weighted by Crippen LogP contribution is -3.14. The molecule has 1 aromatic rings. The second-order valence-corrected chi connectivity index (χ2v) is 5.50. The summed E-state index contributed by atoms with van der Waals surface area (Å²) in [7, 11) is 0. The van der Waals surface area contributed by atoms with E-state index in [2.05, 4.69) is 17.6 Å². The van der Waals surface area contributed by atoms with Crippen molar-refractivity contribution < 1.29 is 14.5 Å². The number of imide groups is 1. The molecule has 1 fully saturated rings. The van der Waals surface area contributed by atoms with Gasteiger partial charge in [-0.25, -0.2) is 4.79 Å². The first-order valence-corrected chi connectivity index (χ1v) is 7.13. The molecule has 1 saturated heterocycles. The van der Waals surface area contributed by atoms with Crippen molar-refractivity contribution in [2.45, 2.75) is 19.8 Å². The number of nitrogens with one attached hydrogen (secondary N) is 3. The van der Waals surface area contributed by atoms with E-state index in [1.54, 1.807) is 12.1 Å². The fraction of sp³-hybridized carbons (Fsp3) is 0.467. The second kappa shape index (κ2) is 7.05. The van der Waals surface area contributed by atoms with Gasteiger partial charge in [-0.1, -0.05) is 25.1 Å². The first-order valence-electron chi connectivity index (χ1n) is 7.13. The number of hydrogen-bond donors (Lipinski definition) is 3. The number of carbonyl (C=O) groups excluding carboxylic acids is 2. The van der Waals surface area contributed by atoms with Crippen molar-refractivity contribution in [3.63, 3.8) is 0 Å². The molecule has 0 aliphatic carbocycles. The van der Waals surface area contributed by atoms with Gasteiger partial charge in [-0.05, 0) is 25.0 Å². The van der Waals surface area contributed by atoms with Crippen molar-refractivity contribution in [1.29, 1.82) is 0 Å². The van der Waals surface area contributed by atoms with Gasteiger partial charge < -0.3 is 10.2 Å². The van der Waals surface area contributed by atoms with Crippen LogP contribution in [0.3, 0.4) is 0 Å². The Labute approximate surface area is 119 Å². The normalized spacial score (nSPS) is 22.1. The number of urea groups is 1. The summed E-state index contributed by atoms with van der Waals surface area (Å²) < 4.78 is 0. The molecule has 2 rings (SSSR count). The highest BCUT2D eigenvalue weighted by Gasteiger charge is 2.22. The standard InChI is InChI=1S/C15H21N3O2/c1-12-6-5-9-18(10-12)11-14(19)17-15(20)16-13-7-3-2-4-8-13/h2-4,7-8,12H,5-6,9-11H2,1H3,(H2,16,17,19,20)/p+1/t12-/m0/s1. The van der Waals surface area contributed by atoms with Crippen molar-refractivity contribution in [2.24, 2.45) is 5.92 Å². The van der Waals surface area contributed by atoms with E-state index < -0.39 is 6.03 Å². The molecule has 108 valence electrons. The molecule has 0 saturated carbocycles. The highest BCUT2D eigenvalue weighted by Crippen LogP contribution is 2.05. The second-order valence-electron chi connectivity index (χ2n) is 5.50. The van der Waals surface area contributed by atoms with Gasteiger partial charge in [0.25, 0.3) is 5.91 Å². The molecule has 1 aliphatic heterocycles. The molecule has 1 heterocycles. The van der Waals surface area contributed by atoms with Crippen LogP contribution in [0.25, 0.3) is 0 Å². The smallest absolute Gasteiger partial charge is 0.326 e. The zero-order valence-electron chi connectivity index (χ0n) is 11.8. The summed E-state index contributed by atoms with van der Waals surface area (Å²) in [6, 6.07) is 8.62. The molecular weight excluding hydrogens is 254 g/mol. The monoisotopic (exact) mass is 276 g/mol. The molecule has 3 amide bonds. The Morgan fingerprint density at radius 3 is 2.75 bits per heavy atom. The molecule has 5 heteroatoms. The van der Waals surface area contributed by atoms with Crippen LogP contribution in [-0.4, -0.2) is 31.6 Å². The quantitative estimate of drug-likeness (QED) is 0.759. The fourth-order valence-corrected chi connectivity index (χ4v) is 2.64. The molecule has 0 aromatic heterocycles. The lowest BCUT2D eigenvalue weighted by molar-refractivity contribution is -0.900. The third kappa shape index (κ3) is 4.66. The largest absolute Gasteiger partial charge is 0.327 e. The van der Waals surface area contributed by atoms with Gasteiger partial charge in [-0.2, -0.15) is 0 Å². The van der Waals surface area contributed by atoms with Gasteiger partial charge in [0.2, 0.25) is 0 Å². The van der Waals surface area contributed by atoms with E-state index in [9.17, 15) is 9.59 Å². The molecule has 1 unspecified atom stereocenters. The van der Waals surface area contributed by atoms with E-state index in [0.29, 0.717) is 18.2 Å². The minimum absolute atomic E-state index is 0.220. The Morgan fingerprint density at radius 1 is 1.30 bits per heavy atom. The van der Waals surface area contributed by atoms with Crippen LogP contribution < -0.4 is 15.5 Å². The Balaban J connectivity index is 1.75. The van der Waals surface area contributed by atoms with Crippen LogP contribution in [0.4, 0.5) is 10.5 Å². The van der Waals surface area contributed by atoms with Gasteiger partial charge in [0.05, 0.1) is 13.1 Å². The van der Waals surface area contributed by atoms with E-state index in [1.165, 1.54) is 11.3 Å². The average Bonchev–Trinajstić information content (AvgIpc) is 2.39. The molecule has 0 spiro atoms. The summed E-state index contributed by atoms with van der Waals surface area (Å²) in [5.74, 6) is 0.437. The fourth-order valence-electron chi connectivity index (χ4n) is 2.64. The van der Waals surface area contributed by atoms with Crippen LogP contribution in [0.2, 0.25) is 0 Å². The SMILES string of the molecule is C[C@H]1CCC[NH+](CC(=O)NC(=O)Nc2ccccc2)C1.